The highest BCUT2D eigenvalue weighted by Crippen LogP contribution is 2.35. The molecule has 2 unspecified atom stereocenters. The van der Waals surface area contributed by atoms with Gasteiger partial charge in [-0.2, -0.15) is 0 Å². The van der Waals surface area contributed by atoms with Crippen molar-refractivity contribution in [2.24, 2.45) is 17.3 Å². The summed E-state index contributed by atoms with van der Waals surface area (Å²) in [5, 5.41) is 29.4. The number of ketones is 1. The lowest BCUT2D eigenvalue weighted by Crippen LogP contribution is -2.28. The number of aliphatic hydroxyl groups excluding tert-OH is 2. The van der Waals surface area contributed by atoms with Crippen LogP contribution in [0.5, 0.6) is 0 Å². The first-order chi connectivity index (χ1) is 12.7. The smallest absolute Gasteiger partial charge is 0.303 e. The minimum atomic E-state index is -0.803. The van der Waals surface area contributed by atoms with E-state index in [2.05, 4.69) is 6.92 Å². The number of hydrogen-bond acceptors (Lipinski definition) is 4. The molecule has 1 saturated carbocycles. The summed E-state index contributed by atoms with van der Waals surface area (Å²) in [5.74, 6) is -1.31. The van der Waals surface area contributed by atoms with Crippen LogP contribution in [0.3, 0.4) is 0 Å². The summed E-state index contributed by atoms with van der Waals surface area (Å²) in [6, 6.07) is 0. The Balaban J connectivity index is 2.63. The van der Waals surface area contributed by atoms with Gasteiger partial charge in [-0.15, -0.1) is 0 Å². The topological polar surface area (TPSA) is 94.8 Å². The van der Waals surface area contributed by atoms with Gasteiger partial charge < -0.3 is 15.3 Å². The van der Waals surface area contributed by atoms with E-state index in [0.717, 1.165) is 19.3 Å². The van der Waals surface area contributed by atoms with Crippen molar-refractivity contribution in [3.05, 3.63) is 24.3 Å². The first-order valence-corrected chi connectivity index (χ1v) is 10.1. The highest BCUT2D eigenvalue weighted by molar-refractivity contribution is 5.84. The molecule has 0 heterocycles. The lowest BCUT2D eigenvalue weighted by Gasteiger charge is -2.29. The van der Waals surface area contributed by atoms with Gasteiger partial charge in [0.05, 0.1) is 12.2 Å². The van der Waals surface area contributed by atoms with Crippen molar-refractivity contribution < 1.29 is 24.9 Å². The maximum absolute atomic E-state index is 12.2. The van der Waals surface area contributed by atoms with Crippen LogP contribution in [-0.4, -0.2) is 39.3 Å². The molecule has 0 bridgehead atoms. The van der Waals surface area contributed by atoms with Crippen LogP contribution < -0.4 is 0 Å². The van der Waals surface area contributed by atoms with Gasteiger partial charge in [0.2, 0.25) is 0 Å². The fourth-order valence-corrected chi connectivity index (χ4v) is 3.53. The standard InChI is InChI=1S/C22H36O5/c1-4-5-14-22(2,3)20(25)13-12-17-16(18(23)15-19(17)24)10-8-6-7-9-11-21(26)27/h6,8,12-13,16-17,19-20,24-25H,4-5,7,9-11,14-15H2,1-3H3,(H,26,27)/b8-6+,13-12+/t16-,17+,19?,20?/m1/s1. The zero-order valence-electron chi connectivity index (χ0n) is 16.9. The molecule has 0 radical (unpaired) electrons. The van der Waals surface area contributed by atoms with Crippen molar-refractivity contribution in [2.75, 3.05) is 0 Å². The Kier molecular flexibility index (Phi) is 9.95. The number of carbonyl (C=O) groups is 2. The van der Waals surface area contributed by atoms with Gasteiger partial charge >= 0.3 is 5.97 Å². The van der Waals surface area contributed by atoms with Crippen LogP contribution >= 0.6 is 0 Å². The van der Waals surface area contributed by atoms with Crippen molar-refractivity contribution in [3.8, 4) is 0 Å². The van der Waals surface area contributed by atoms with E-state index in [1.807, 2.05) is 32.1 Å². The van der Waals surface area contributed by atoms with Gasteiger partial charge in [0.1, 0.15) is 5.78 Å². The molecule has 0 aromatic heterocycles. The van der Waals surface area contributed by atoms with Gasteiger partial charge in [0, 0.05) is 24.7 Å². The molecule has 0 saturated heterocycles. The Morgan fingerprint density at radius 1 is 1.30 bits per heavy atom. The lowest BCUT2D eigenvalue weighted by atomic mass is 9.80. The summed E-state index contributed by atoms with van der Waals surface area (Å²) < 4.78 is 0. The molecule has 154 valence electrons. The van der Waals surface area contributed by atoms with Crippen molar-refractivity contribution in [2.45, 2.75) is 84.3 Å². The van der Waals surface area contributed by atoms with Gasteiger partial charge in [0.15, 0.2) is 0 Å². The minimum Gasteiger partial charge on any atom is -0.481 e. The van der Waals surface area contributed by atoms with Crippen LogP contribution in [0.4, 0.5) is 0 Å². The summed E-state index contributed by atoms with van der Waals surface area (Å²) in [4.78, 5) is 22.7. The maximum atomic E-state index is 12.2. The molecular formula is C22H36O5. The second kappa shape index (κ2) is 11.4. The third kappa shape index (κ3) is 7.97. The zero-order chi connectivity index (χ0) is 20.4. The third-order valence-electron chi connectivity index (χ3n) is 5.54. The number of carboxylic acids is 1. The molecular weight excluding hydrogens is 344 g/mol. The third-order valence-corrected chi connectivity index (χ3v) is 5.54. The fraction of sp³-hybridized carbons (Fsp3) is 0.727. The predicted octanol–water partition coefficient (Wildman–Crippen LogP) is 3.89. The summed E-state index contributed by atoms with van der Waals surface area (Å²) in [6.45, 7) is 6.19. The van der Waals surface area contributed by atoms with Crippen molar-refractivity contribution in [1.29, 1.82) is 0 Å². The lowest BCUT2D eigenvalue weighted by molar-refractivity contribution is -0.137. The normalized spacial score (nSPS) is 24.9. The highest BCUT2D eigenvalue weighted by Gasteiger charge is 2.39. The SMILES string of the molecule is CCCCC(C)(C)C(O)/C=C/[C@@H]1C(O)CC(=O)[C@@H]1C/C=C/CCCC(=O)O. The molecule has 1 aliphatic carbocycles. The Morgan fingerprint density at radius 3 is 2.63 bits per heavy atom. The Morgan fingerprint density at radius 2 is 2.00 bits per heavy atom. The predicted molar refractivity (Wildman–Crippen MR) is 106 cm³/mol. The van der Waals surface area contributed by atoms with E-state index in [9.17, 15) is 19.8 Å². The van der Waals surface area contributed by atoms with E-state index in [1.54, 1.807) is 6.08 Å². The summed E-state index contributed by atoms with van der Waals surface area (Å²) in [6.07, 6.45) is 11.2. The van der Waals surface area contributed by atoms with E-state index < -0.39 is 18.2 Å². The van der Waals surface area contributed by atoms with Crippen molar-refractivity contribution >= 4 is 11.8 Å². The first-order valence-electron chi connectivity index (χ1n) is 10.1. The molecule has 0 aromatic rings. The molecule has 1 aliphatic rings. The first kappa shape index (κ1) is 23.6. The molecule has 0 amide bonds. The number of aliphatic carboxylic acids is 1. The van der Waals surface area contributed by atoms with Crippen molar-refractivity contribution in [1.82, 2.24) is 0 Å². The number of aliphatic hydroxyl groups is 2. The molecule has 5 nitrogen and oxygen atoms in total. The summed E-state index contributed by atoms with van der Waals surface area (Å²) in [5.41, 5.74) is -0.236. The maximum Gasteiger partial charge on any atom is 0.303 e. The fourth-order valence-electron chi connectivity index (χ4n) is 3.53. The zero-order valence-corrected chi connectivity index (χ0v) is 16.9. The summed E-state index contributed by atoms with van der Waals surface area (Å²) in [7, 11) is 0. The van der Waals surface area contributed by atoms with Crippen LogP contribution in [0.15, 0.2) is 24.3 Å². The number of unbranched alkanes of at least 4 members (excludes halogenated alkanes) is 2. The van der Waals surface area contributed by atoms with E-state index in [1.165, 1.54) is 0 Å². The molecule has 0 aliphatic heterocycles. The Hall–Kier alpha value is -1.46. The van der Waals surface area contributed by atoms with Gasteiger partial charge in [-0.3, -0.25) is 9.59 Å². The van der Waals surface area contributed by atoms with Crippen LogP contribution in [0, 0.1) is 17.3 Å². The minimum absolute atomic E-state index is 0.0482. The molecule has 5 heteroatoms. The molecule has 4 atom stereocenters. The van der Waals surface area contributed by atoms with E-state index in [0.29, 0.717) is 19.3 Å². The average molecular weight is 381 g/mol. The summed E-state index contributed by atoms with van der Waals surface area (Å²) >= 11 is 0. The number of allylic oxidation sites excluding steroid dienone is 2. The van der Waals surface area contributed by atoms with Crippen molar-refractivity contribution in [3.63, 3.8) is 0 Å². The number of carboxylic acid groups (broad SMARTS) is 1. The molecule has 3 N–H and O–H groups in total. The number of rotatable bonds is 12. The number of hydrogen-bond donors (Lipinski definition) is 3. The number of Topliss-reactive ketones (excluding diaryl/α,β-unsaturated/α-hetero) is 1. The van der Waals surface area contributed by atoms with Gasteiger partial charge in [0.25, 0.3) is 0 Å². The van der Waals surface area contributed by atoms with Gasteiger partial charge in [-0.05, 0) is 31.1 Å². The largest absolute Gasteiger partial charge is 0.481 e. The van der Waals surface area contributed by atoms with Crippen LogP contribution in [0.1, 0.15) is 72.1 Å². The number of carbonyl (C=O) groups excluding carboxylic acids is 1. The van der Waals surface area contributed by atoms with Crippen LogP contribution in [-0.2, 0) is 9.59 Å². The average Bonchev–Trinajstić information content (AvgIpc) is 2.86. The Bertz CT molecular complexity index is 535. The monoisotopic (exact) mass is 380 g/mol. The Labute approximate surface area is 163 Å². The van der Waals surface area contributed by atoms with E-state index in [4.69, 9.17) is 5.11 Å². The van der Waals surface area contributed by atoms with Gasteiger partial charge in [-0.1, -0.05) is 57.9 Å². The van der Waals surface area contributed by atoms with Gasteiger partial charge in [-0.25, -0.2) is 0 Å². The molecule has 27 heavy (non-hydrogen) atoms. The molecule has 0 spiro atoms. The quantitative estimate of drug-likeness (QED) is 0.353. The molecule has 1 fully saturated rings. The highest BCUT2D eigenvalue weighted by atomic mass is 16.4. The van der Waals surface area contributed by atoms with Crippen LogP contribution in [0.2, 0.25) is 0 Å². The van der Waals surface area contributed by atoms with Crippen LogP contribution in [0.25, 0.3) is 0 Å². The molecule has 1 rings (SSSR count). The van der Waals surface area contributed by atoms with E-state index in [-0.39, 0.29) is 35.9 Å². The second-order valence-corrected chi connectivity index (χ2v) is 8.34. The second-order valence-electron chi connectivity index (χ2n) is 8.34. The van der Waals surface area contributed by atoms with E-state index >= 15 is 0 Å². The molecule has 0 aromatic carbocycles.